The van der Waals surface area contributed by atoms with Crippen LogP contribution in [-0.2, 0) is 18.4 Å². The smallest absolute Gasteiger partial charge is 0.393 e. The maximum atomic E-state index is 12.7. The molecule has 10 heteroatoms. The molecule has 0 aliphatic carbocycles. The number of nitrogens with two attached hydrogens (primary N) is 1. The topological polar surface area (TPSA) is 151 Å². The van der Waals surface area contributed by atoms with E-state index in [1.54, 1.807) is 6.08 Å². The third kappa shape index (κ3) is 29.8. The summed E-state index contributed by atoms with van der Waals surface area (Å²) in [6.07, 6.45) is 30.9. The summed E-state index contributed by atoms with van der Waals surface area (Å²) in [7, 11) is -4.40. The van der Waals surface area contributed by atoms with Gasteiger partial charge in [-0.05, 0) is 57.8 Å². The van der Waals surface area contributed by atoms with E-state index in [9.17, 15) is 24.5 Å². The Kier molecular flexibility index (Phi) is 30.4. The third-order valence-electron chi connectivity index (χ3n) is 7.49. The molecule has 4 atom stereocenters. The number of phosphoric acid groups is 1. The predicted molar refractivity (Wildman–Crippen MR) is 186 cm³/mol. The van der Waals surface area contributed by atoms with Crippen molar-refractivity contribution in [1.82, 2.24) is 5.32 Å². The second kappa shape index (κ2) is 31.3. The lowest BCUT2D eigenvalue weighted by molar-refractivity contribution is -0.124. The van der Waals surface area contributed by atoms with Crippen molar-refractivity contribution in [2.24, 2.45) is 5.73 Å². The number of nitrogens with one attached hydrogen (secondary N) is 1. The van der Waals surface area contributed by atoms with Gasteiger partial charge in [0.15, 0.2) is 0 Å². The highest BCUT2D eigenvalue weighted by molar-refractivity contribution is 7.47. The Balaban J connectivity index is 4.52. The molecular formula is C35H67N2O7P. The van der Waals surface area contributed by atoms with E-state index in [0.717, 1.165) is 44.9 Å². The first kappa shape index (κ1) is 43.7. The first-order valence-corrected chi connectivity index (χ1v) is 19.2. The monoisotopic (exact) mass is 658 g/mol. The minimum Gasteiger partial charge on any atom is -0.393 e. The third-order valence-corrected chi connectivity index (χ3v) is 8.48. The van der Waals surface area contributed by atoms with Gasteiger partial charge in [0.1, 0.15) is 0 Å². The van der Waals surface area contributed by atoms with E-state index in [0.29, 0.717) is 12.8 Å². The van der Waals surface area contributed by atoms with Crippen molar-refractivity contribution in [3.8, 4) is 0 Å². The van der Waals surface area contributed by atoms with Gasteiger partial charge in [-0.2, -0.15) is 0 Å². The first-order chi connectivity index (χ1) is 21.8. The van der Waals surface area contributed by atoms with Gasteiger partial charge in [-0.1, -0.05) is 115 Å². The first-order valence-electron chi connectivity index (χ1n) is 17.7. The number of unbranched alkanes of at least 4 members (excludes halogenated alkanes) is 14. The molecule has 0 aromatic rings. The van der Waals surface area contributed by atoms with Gasteiger partial charge in [0.2, 0.25) is 5.91 Å². The number of hydrogen-bond acceptors (Lipinski definition) is 7. The van der Waals surface area contributed by atoms with E-state index in [4.69, 9.17) is 14.8 Å². The van der Waals surface area contributed by atoms with Gasteiger partial charge in [-0.25, -0.2) is 4.57 Å². The van der Waals surface area contributed by atoms with Crippen molar-refractivity contribution in [2.75, 3.05) is 19.8 Å². The molecule has 0 saturated heterocycles. The summed E-state index contributed by atoms with van der Waals surface area (Å²) in [5.41, 5.74) is 5.32. The van der Waals surface area contributed by atoms with Crippen LogP contribution in [0.1, 0.15) is 142 Å². The summed E-state index contributed by atoms with van der Waals surface area (Å²) in [6, 6.07) is -0.998. The lowest BCUT2D eigenvalue weighted by atomic mass is 10.0. The predicted octanol–water partition coefficient (Wildman–Crippen LogP) is 7.80. The molecule has 0 aromatic carbocycles. The maximum absolute atomic E-state index is 12.7. The van der Waals surface area contributed by atoms with Crippen molar-refractivity contribution in [3.63, 3.8) is 0 Å². The number of amides is 1. The number of rotatable bonds is 32. The van der Waals surface area contributed by atoms with Gasteiger partial charge in [-0.3, -0.25) is 13.8 Å². The van der Waals surface area contributed by atoms with Gasteiger partial charge in [0, 0.05) is 6.54 Å². The average Bonchev–Trinajstić information content (AvgIpc) is 3.01. The number of carbonyl (C=O) groups is 1. The Morgan fingerprint density at radius 2 is 1.27 bits per heavy atom. The Hall–Kier alpha value is -1.32. The minimum absolute atomic E-state index is 0.0428. The standard InChI is InChI=1S/C35H67N2O7P/c1-3-5-7-9-11-13-15-16-17-18-20-22-24-26-32(38)30-35(40)37-33(31-44-45(41,42)43-29-28-36)34(39)27-25-23-21-19-14-12-10-8-6-4-2/h13-15,19,25,27,32-34,38-39H,3-12,16-18,20-24,26,28-31,36H2,1-2H3,(H,37,40)(H,41,42)/b15-13-,19-14+,27-25+. The van der Waals surface area contributed by atoms with E-state index in [1.807, 2.05) is 6.08 Å². The van der Waals surface area contributed by atoms with Crippen molar-refractivity contribution in [1.29, 1.82) is 0 Å². The molecule has 0 saturated carbocycles. The van der Waals surface area contributed by atoms with Crippen LogP contribution in [-0.4, -0.2) is 59.0 Å². The van der Waals surface area contributed by atoms with Crippen LogP contribution in [0.5, 0.6) is 0 Å². The van der Waals surface area contributed by atoms with Crippen molar-refractivity contribution < 1.29 is 33.5 Å². The Morgan fingerprint density at radius 3 is 1.84 bits per heavy atom. The molecule has 4 unspecified atom stereocenters. The van der Waals surface area contributed by atoms with E-state index in [-0.39, 0.29) is 19.6 Å². The fourth-order valence-corrected chi connectivity index (χ4v) is 5.53. The zero-order valence-electron chi connectivity index (χ0n) is 28.5. The molecule has 1 amide bonds. The van der Waals surface area contributed by atoms with E-state index >= 15 is 0 Å². The van der Waals surface area contributed by atoms with Gasteiger partial charge in [0.25, 0.3) is 0 Å². The van der Waals surface area contributed by atoms with E-state index < -0.39 is 38.6 Å². The van der Waals surface area contributed by atoms with Crippen LogP contribution in [0.25, 0.3) is 0 Å². The molecular weight excluding hydrogens is 591 g/mol. The normalized spacial score (nSPS) is 15.6. The SMILES string of the molecule is CCCCCC/C=C\CCCCCCCC(O)CC(=O)NC(COP(=O)(O)OCCN)C(O)/C=C/CC/C=C/CCCCCC. The zero-order chi connectivity index (χ0) is 33.4. The molecule has 0 aliphatic rings. The molecule has 0 aromatic heterocycles. The second-order valence-corrected chi connectivity index (χ2v) is 13.4. The van der Waals surface area contributed by atoms with E-state index in [1.165, 1.54) is 64.2 Å². The van der Waals surface area contributed by atoms with Crippen LogP contribution >= 0.6 is 7.82 Å². The highest BCUT2D eigenvalue weighted by Crippen LogP contribution is 2.43. The maximum Gasteiger partial charge on any atom is 0.472 e. The lowest BCUT2D eigenvalue weighted by Gasteiger charge is -2.24. The van der Waals surface area contributed by atoms with Crippen molar-refractivity contribution in [2.45, 2.75) is 161 Å². The molecule has 6 N–H and O–H groups in total. The Labute approximate surface area is 274 Å². The summed E-state index contributed by atoms with van der Waals surface area (Å²) in [5.74, 6) is -0.466. The fourth-order valence-electron chi connectivity index (χ4n) is 4.77. The minimum atomic E-state index is -4.40. The molecule has 0 radical (unpaired) electrons. The highest BCUT2D eigenvalue weighted by Gasteiger charge is 2.27. The fraction of sp³-hybridized carbons (Fsp3) is 0.800. The number of carbonyl (C=O) groups excluding carboxylic acids is 1. The summed E-state index contributed by atoms with van der Waals surface area (Å²) in [6.45, 7) is 3.85. The molecule has 0 rings (SSSR count). The van der Waals surface area contributed by atoms with Gasteiger partial charge >= 0.3 is 7.82 Å². The Bertz CT molecular complexity index is 822. The van der Waals surface area contributed by atoms with Crippen molar-refractivity contribution in [3.05, 3.63) is 36.5 Å². The molecule has 0 bridgehead atoms. The summed E-state index contributed by atoms with van der Waals surface area (Å²) in [5, 5.41) is 23.8. The number of hydrogen-bond donors (Lipinski definition) is 5. The zero-order valence-corrected chi connectivity index (χ0v) is 29.4. The number of aliphatic hydroxyl groups excluding tert-OH is 2. The van der Waals surface area contributed by atoms with Crippen LogP contribution in [0.4, 0.5) is 0 Å². The number of phosphoric ester groups is 1. The number of allylic oxidation sites excluding steroid dienone is 5. The quantitative estimate of drug-likeness (QED) is 0.0279. The molecule has 0 spiro atoms. The van der Waals surface area contributed by atoms with E-state index in [2.05, 4.69) is 43.5 Å². The molecule has 264 valence electrons. The largest absolute Gasteiger partial charge is 0.472 e. The summed E-state index contributed by atoms with van der Waals surface area (Å²) < 4.78 is 21.9. The molecule has 45 heavy (non-hydrogen) atoms. The van der Waals surface area contributed by atoms with Crippen molar-refractivity contribution >= 4 is 13.7 Å². The highest BCUT2D eigenvalue weighted by atomic mass is 31.2. The van der Waals surface area contributed by atoms with Gasteiger partial charge in [0.05, 0.1) is 37.9 Å². The summed E-state index contributed by atoms with van der Waals surface area (Å²) >= 11 is 0. The van der Waals surface area contributed by atoms with Crippen LogP contribution in [0.15, 0.2) is 36.5 Å². The molecule has 0 heterocycles. The molecule has 0 fully saturated rings. The molecule has 9 nitrogen and oxygen atoms in total. The molecule has 0 aliphatic heterocycles. The van der Waals surface area contributed by atoms with Crippen LogP contribution < -0.4 is 11.1 Å². The Morgan fingerprint density at radius 1 is 0.756 bits per heavy atom. The second-order valence-electron chi connectivity index (χ2n) is 11.9. The van der Waals surface area contributed by atoms with Crippen LogP contribution in [0.3, 0.4) is 0 Å². The average molecular weight is 659 g/mol. The van der Waals surface area contributed by atoms with Gasteiger partial charge in [-0.15, -0.1) is 0 Å². The summed E-state index contributed by atoms with van der Waals surface area (Å²) in [4.78, 5) is 22.5. The van der Waals surface area contributed by atoms with Crippen LogP contribution in [0, 0.1) is 0 Å². The lowest BCUT2D eigenvalue weighted by Crippen LogP contribution is -2.46. The van der Waals surface area contributed by atoms with Gasteiger partial charge < -0.3 is 26.2 Å². The number of aliphatic hydroxyl groups is 2. The van der Waals surface area contributed by atoms with Crippen LogP contribution in [0.2, 0.25) is 0 Å².